The van der Waals surface area contributed by atoms with Gasteiger partial charge < -0.3 is 14.8 Å². The van der Waals surface area contributed by atoms with Gasteiger partial charge in [-0.25, -0.2) is 0 Å². The molecule has 0 aliphatic carbocycles. The molecule has 142 valence electrons. The number of alkyl halides is 2. The monoisotopic (exact) mass is 381 g/mol. The highest BCUT2D eigenvalue weighted by Gasteiger charge is 2.03. The summed E-state index contributed by atoms with van der Waals surface area (Å²) in [7, 11) is 0. The van der Waals surface area contributed by atoms with Crippen molar-refractivity contribution >= 4 is 17.7 Å². The number of hydrogen-bond acceptors (Lipinski definition) is 3. The van der Waals surface area contributed by atoms with Crippen LogP contribution < -0.4 is 14.8 Å². The summed E-state index contributed by atoms with van der Waals surface area (Å²) in [5, 5.41) is 2.74. The molecule has 0 aromatic heterocycles. The van der Waals surface area contributed by atoms with Crippen molar-refractivity contribution < 1.29 is 23.0 Å². The highest BCUT2D eigenvalue weighted by molar-refractivity contribution is 6.01. The maximum atomic E-state index is 12.1. The van der Waals surface area contributed by atoms with E-state index in [2.05, 4.69) is 10.1 Å². The molecule has 6 heteroatoms. The molecule has 1 N–H and O–H groups in total. The number of halogens is 2. The summed E-state index contributed by atoms with van der Waals surface area (Å²) in [6.45, 7) is -2.86. The molecule has 3 aromatic carbocycles. The lowest BCUT2D eigenvalue weighted by Crippen LogP contribution is -2.07. The van der Waals surface area contributed by atoms with Crippen molar-refractivity contribution in [1.29, 1.82) is 0 Å². The standard InChI is InChI=1S/C22H17F2NO3/c23-22(24)28-20-11-6-16(7-12-20)8-15-21(26)25-17-9-13-19(14-10-17)27-18-4-2-1-3-5-18/h1-15,22H,(H,25,26)/b15-8+. The van der Waals surface area contributed by atoms with Crippen molar-refractivity contribution in [3.63, 3.8) is 0 Å². The van der Waals surface area contributed by atoms with E-state index in [1.807, 2.05) is 30.3 Å². The van der Waals surface area contributed by atoms with Crippen molar-refractivity contribution in [2.75, 3.05) is 5.32 Å². The number of benzene rings is 3. The normalized spacial score (nSPS) is 10.8. The Morgan fingerprint density at radius 1 is 0.821 bits per heavy atom. The van der Waals surface area contributed by atoms with Gasteiger partial charge in [0.15, 0.2) is 0 Å². The number of carbonyl (C=O) groups excluding carboxylic acids is 1. The van der Waals surface area contributed by atoms with E-state index in [1.165, 1.54) is 18.2 Å². The van der Waals surface area contributed by atoms with Crippen molar-refractivity contribution in [3.05, 3.63) is 90.5 Å². The smallest absolute Gasteiger partial charge is 0.387 e. The largest absolute Gasteiger partial charge is 0.457 e. The molecule has 0 atom stereocenters. The molecule has 0 bridgehead atoms. The van der Waals surface area contributed by atoms with E-state index in [1.54, 1.807) is 42.5 Å². The Kier molecular flexibility index (Phi) is 6.36. The Bertz CT molecular complexity index is 924. The maximum absolute atomic E-state index is 12.1. The van der Waals surface area contributed by atoms with E-state index in [9.17, 15) is 13.6 Å². The first-order valence-electron chi connectivity index (χ1n) is 8.45. The first kappa shape index (κ1) is 19.1. The lowest BCUT2D eigenvalue weighted by Gasteiger charge is -2.07. The zero-order chi connectivity index (χ0) is 19.8. The molecule has 0 unspecified atom stereocenters. The molecule has 0 fully saturated rings. The van der Waals surface area contributed by atoms with Crippen molar-refractivity contribution in [2.45, 2.75) is 6.61 Å². The molecule has 3 rings (SSSR count). The van der Waals surface area contributed by atoms with Crippen LogP contribution in [0.5, 0.6) is 17.2 Å². The number of carbonyl (C=O) groups is 1. The van der Waals surface area contributed by atoms with E-state index >= 15 is 0 Å². The van der Waals surface area contributed by atoms with E-state index in [0.717, 1.165) is 5.75 Å². The zero-order valence-electron chi connectivity index (χ0n) is 14.7. The van der Waals surface area contributed by atoms with Gasteiger partial charge in [0.05, 0.1) is 0 Å². The fourth-order valence-electron chi connectivity index (χ4n) is 2.35. The highest BCUT2D eigenvalue weighted by Crippen LogP contribution is 2.22. The van der Waals surface area contributed by atoms with Gasteiger partial charge in [0.1, 0.15) is 17.2 Å². The average Bonchev–Trinajstić information content (AvgIpc) is 2.69. The Morgan fingerprint density at radius 3 is 2.07 bits per heavy atom. The molecule has 0 heterocycles. The molecule has 0 saturated heterocycles. The molecule has 3 aromatic rings. The van der Waals surface area contributed by atoms with Gasteiger partial charge in [-0.1, -0.05) is 30.3 Å². The van der Waals surface area contributed by atoms with Gasteiger partial charge >= 0.3 is 6.61 Å². The fraction of sp³-hybridized carbons (Fsp3) is 0.0455. The molecular formula is C22H17F2NO3. The molecule has 0 aliphatic rings. The third-order valence-electron chi connectivity index (χ3n) is 3.63. The molecule has 28 heavy (non-hydrogen) atoms. The summed E-state index contributed by atoms with van der Waals surface area (Å²) in [5.74, 6) is 1.14. The van der Waals surface area contributed by atoms with Crippen molar-refractivity contribution in [3.8, 4) is 17.2 Å². The molecule has 1 amide bonds. The second-order valence-corrected chi connectivity index (χ2v) is 5.71. The number of ether oxygens (including phenoxy) is 2. The highest BCUT2D eigenvalue weighted by atomic mass is 19.3. The molecule has 0 spiro atoms. The van der Waals surface area contributed by atoms with Crippen LogP contribution in [-0.2, 0) is 4.79 Å². The minimum atomic E-state index is -2.86. The van der Waals surface area contributed by atoms with Gasteiger partial charge in [0, 0.05) is 11.8 Å². The molecule has 0 aliphatic heterocycles. The predicted octanol–water partition coefficient (Wildman–Crippen LogP) is 5.73. The number of nitrogens with one attached hydrogen (secondary N) is 1. The Labute approximate surface area is 161 Å². The number of hydrogen-bond donors (Lipinski definition) is 1. The summed E-state index contributed by atoms with van der Waals surface area (Å²) < 4.78 is 34.2. The first-order valence-corrected chi connectivity index (χ1v) is 8.45. The molecule has 0 saturated carbocycles. The van der Waals surface area contributed by atoms with Crippen LogP contribution in [-0.4, -0.2) is 12.5 Å². The SMILES string of the molecule is O=C(/C=C/c1ccc(OC(F)F)cc1)Nc1ccc(Oc2ccccc2)cc1. The lowest BCUT2D eigenvalue weighted by molar-refractivity contribution is -0.111. The van der Waals surface area contributed by atoms with Crippen LogP contribution in [0.25, 0.3) is 6.08 Å². The Hall–Kier alpha value is -3.67. The second kappa shape index (κ2) is 9.32. The zero-order valence-corrected chi connectivity index (χ0v) is 14.7. The van der Waals surface area contributed by atoms with Crippen LogP contribution in [0.1, 0.15) is 5.56 Å². The maximum Gasteiger partial charge on any atom is 0.387 e. The minimum Gasteiger partial charge on any atom is -0.457 e. The number of anilines is 1. The van der Waals surface area contributed by atoms with Gasteiger partial charge in [-0.2, -0.15) is 8.78 Å². The van der Waals surface area contributed by atoms with E-state index in [4.69, 9.17) is 4.74 Å². The minimum absolute atomic E-state index is 0.0643. The lowest BCUT2D eigenvalue weighted by atomic mass is 10.2. The molecular weight excluding hydrogens is 364 g/mol. The number of rotatable bonds is 7. The van der Waals surface area contributed by atoms with Crippen molar-refractivity contribution in [2.24, 2.45) is 0 Å². The van der Waals surface area contributed by atoms with Gasteiger partial charge in [-0.15, -0.1) is 0 Å². The first-order chi connectivity index (χ1) is 13.6. The van der Waals surface area contributed by atoms with Gasteiger partial charge in [0.2, 0.25) is 5.91 Å². The fourth-order valence-corrected chi connectivity index (χ4v) is 2.35. The topological polar surface area (TPSA) is 47.6 Å². The van der Waals surface area contributed by atoms with Gasteiger partial charge in [0.25, 0.3) is 0 Å². The van der Waals surface area contributed by atoms with E-state index in [0.29, 0.717) is 17.0 Å². The van der Waals surface area contributed by atoms with E-state index in [-0.39, 0.29) is 11.7 Å². The summed E-state index contributed by atoms with van der Waals surface area (Å²) in [6.07, 6.45) is 2.94. The van der Waals surface area contributed by atoms with Crippen LogP contribution in [0.15, 0.2) is 84.9 Å². The van der Waals surface area contributed by atoms with Gasteiger partial charge in [-0.3, -0.25) is 4.79 Å². The number of amides is 1. The summed E-state index contributed by atoms with van der Waals surface area (Å²) in [4.78, 5) is 12.0. The summed E-state index contributed by atoms with van der Waals surface area (Å²) >= 11 is 0. The average molecular weight is 381 g/mol. The van der Waals surface area contributed by atoms with Crippen LogP contribution in [0.3, 0.4) is 0 Å². The van der Waals surface area contributed by atoms with Crippen LogP contribution in [0, 0.1) is 0 Å². The van der Waals surface area contributed by atoms with Gasteiger partial charge in [-0.05, 0) is 60.2 Å². The van der Waals surface area contributed by atoms with Crippen LogP contribution >= 0.6 is 0 Å². The summed E-state index contributed by atoms with van der Waals surface area (Å²) in [5.41, 5.74) is 1.30. The Morgan fingerprint density at radius 2 is 1.43 bits per heavy atom. The third kappa shape index (κ3) is 5.95. The van der Waals surface area contributed by atoms with E-state index < -0.39 is 6.61 Å². The Balaban J connectivity index is 1.53. The molecule has 0 radical (unpaired) electrons. The molecule has 4 nitrogen and oxygen atoms in total. The summed E-state index contributed by atoms with van der Waals surface area (Å²) in [6, 6.07) is 22.4. The quantitative estimate of drug-likeness (QED) is 0.532. The van der Waals surface area contributed by atoms with Crippen molar-refractivity contribution in [1.82, 2.24) is 0 Å². The van der Waals surface area contributed by atoms with Crippen LogP contribution in [0.2, 0.25) is 0 Å². The second-order valence-electron chi connectivity index (χ2n) is 5.71. The number of para-hydroxylation sites is 1. The third-order valence-corrected chi connectivity index (χ3v) is 3.63. The van der Waals surface area contributed by atoms with Crippen LogP contribution in [0.4, 0.5) is 14.5 Å². The predicted molar refractivity (Wildman–Crippen MR) is 104 cm³/mol.